The highest BCUT2D eigenvalue weighted by atomic mass is 32.2. The molecule has 156 valence electrons. The van der Waals surface area contributed by atoms with Crippen LogP contribution < -0.4 is 0 Å². The van der Waals surface area contributed by atoms with Gasteiger partial charge in [0.25, 0.3) is 0 Å². The van der Waals surface area contributed by atoms with Gasteiger partial charge in [-0.2, -0.15) is 0 Å². The van der Waals surface area contributed by atoms with Gasteiger partial charge in [0.1, 0.15) is 6.61 Å². The first-order valence-electron chi connectivity index (χ1n) is 9.45. The molecule has 0 aliphatic heterocycles. The van der Waals surface area contributed by atoms with Crippen LogP contribution in [-0.4, -0.2) is 28.5 Å². The third kappa shape index (κ3) is 6.14. The van der Waals surface area contributed by atoms with Crippen LogP contribution in [0.25, 0.3) is 0 Å². The standard InChI is InChI=1S/C22H22N2O4S2/c1-3-27-20(25)11-19-15(2)24-22(30-19)29-14-17-9-10-23-12-18(17)21(26)28-13-16-7-5-4-6-8-16/h4-10,12H,3,11,13-14H2,1-2H3. The summed E-state index contributed by atoms with van der Waals surface area (Å²) in [7, 11) is 0. The Hall–Kier alpha value is -2.71. The maximum absolute atomic E-state index is 12.6. The normalized spacial score (nSPS) is 10.6. The molecule has 2 aromatic heterocycles. The maximum atomic E-state index is 12.6. The quantitative estimate of drug-likeness (QED) is 0.354. The first kappa shape index (κ1) is 22.0. The molecule has 0 unspecified atom stereocenters. The van der Waals surface area contributed by atoms with Crippen molar-refractivity contribution in [3.8, 4) is 0 Å². The summed E-state index contributed by atoms with van der Waals surface area (Å²) < 4.78 is 11.3. The lowest BCUT2D eigenvalue weighted by Crippen LogP contribution is -2.08. The molecule has 0 spiro atoms. The lowest BCUT2D eigenvalue weighted by atomic mass is 10.1. The average molecular weight is 443 g/mol. The summed E-state index contributed by atoms with van der Waals surface area (Å²) in [4.78, 5) is 33.8. The molecule has 0 aliphatic rings. The monoisotopic (exact) mass is 442 g/mol. The predicted octanol–water partition coefficient (Wildman–Crippen LogP) is 4.60. The van der Waals surface area contributed by atoms with Gasteiger partial charge in [-0.25, -0.2) is 9.78 Å². The Labute approximate surface area is 183 Å². The minimum Gasteiger partial charge on any atom is -0.466 e. The van der Waals surface area contributed by atoms with Crippen molar-refractivity contribution in [3.05, 3.63) is 76.1 Å². The van der Waals surface area contributed by atoms with E-state index in [4.69, 9.17) is 9.47 Å². The smallest absolute Gasteiger partial charge is 0.340 e. The number of ether oxygens (including phenoxy) is 2. The summed E-state index contributed by atoms with van der Waals surface area (Å²) in [6.45, 7) is 4.25. The molecule has 0 radical (unpaired) electrons. The van der Waals surface area contributed by atoms with Gasteiger partial charge in [0, 0.05) is 23.0 Å². The molecule has 2 heterocycles. The van der Waals surface area contributed by atoms with Gasteiger partial charge in [-0.1, -0.05) is 42.1 Å². The van der Waals surface area contributed by atoms with Crippen molar-refractivity contribution in [2.24, 2.45) is 0 Å². The highest BCUT2D eigenvalue weighted by molar-refractivity contribution is 8.00. The highest BCUT2D eigenvalue weighted by Gasteiger charge is 2.16. The van der Waals surface area contributed by atoms with Crippen molar-refractivity contribution in [2.45, 2.75) is 37.0 Å². The minimum atomic E-state index is -0.402. The highest BCUT2D eigenvalue weighted by Crippen LogP contribution is 2.31. The molecular weight excluding hydrogens is 420 g/mol. The Balaban J connectivity index is 1.62. The van der Waals surface area contributed by atoms with Crippen molar-refractivity contribution in [1.29, 1.82) is 0 Å². The number of aromatic nitrogens is 2. The number of thioether (sulfide) groups is 1. The molecule has 8 heteroatoms. The molecule has 1 aromatic carbocycles. The summed E-state index contributed by atoms with van der Waals surface area (Å²) in [5.74, 6) is -0.108. The van der Waals surface area contributed by atoms with Crippen LogP contribution in [0.1, 0.15) is 39.0 Å². The van der Waals surface area contributed by atoms with Crippen LogP contribution in [0.15, 0.2) is 53.1 Å². The number of hydrogen-bond acceptors (Lipinski definition) is 8. The molecule has 0 bridgehead atoms. The van der Waals surface area contributed by atoms with Gasteiger partial charge in [-0.3, -0.25) is 9.78 Å². The Morgan fingerprint density at radius 3 is 2.70 bits per heavy atom. The Morgan fingerprint density at radius 2 is 1.93 bits per heavy atom. The molecule has 0 saturated carbocycles. The lowest BCUT2D eigenvalue weighted by molar-refractivity contribution is -0.142. The SMILES string of the molecule is CCOC(=O)Cc1sc(SCc2ccncc2C(=O)OCc2ccccc2)nc1C. The summed E-state index contributed by atoms with van der Waals surface area (Å²) in [5.41, 5.74) is 3.03. The molecule has 3 rings (SSSR count). The average Bonchev–Trinajstić information content (AvgIpc) is 3.10. The zero-order chi connectivity index (χ0) is 21.3. The summed E-state index contributed by atoms with van der Waals surface area (Å²) in [5, 5.41) is 0. The Kier molecular flexibility index (Phi) is 7.98. The number of carbonyl (C=O) groups is 2. The molecule has 0 fully saturated rings. The van der Waals surface area contributed by atoms with E-state index in [-0.39, 0.29) is 19.0 Å². The maximum Gasteiger partial charge on any atom is 0.340 e. The molecule has 0 saturated heterocycles. The molecule has 30 heavy (non-hydrogen) atoms. The summed E-state index contributed by atoms with van der Waals surface area (Å²) in [6, 6.07) is 11.4. The Bertz CT molecular complexity index is 1010. The first-order chi connectivity index (χ1) is 14.6. The van der Waals surface area contributed by atoms with Crippen molar-refractivity contribution < 1.29 is 19.1 Å². The van der Waals surface area contributed by atoms with E-state index < -0.39 is 5.97 Å². The second-order valence-corrected chi connectivity index (χ2v) is 8.66. The van der Waals surface area contributed by atoms with Crippen molar-refractivity contribution in [1.82, 2.24) is 9.97 Å². The van der Waals surface area contributed by atoms with E-state index in [0.29, 0.717) is 17.9 Å². The van der Waals surface area contributed by atoms with Gasteiger partial charge < -0.3 is 9.47 Å². The second kappa shape index (κ2) is 10.9. The van der Waals surface area contributed by atoms with E-state index in [2.05, 4.69) is 9.97 Å². The van der Waals surface area contributed by atoms with E-state index >= 15 is 0 Å². The number of esters is 2. The van der Waals surface area contributed by atoms with Crippen LogP contribution in [0.2, 0.25) is 0 Å². The Morgan fingerprint density at radius 1 is 1.13 bits per heavy atom. The molecule has 3 aromatic rings. The lowest BCUT2D eigenvalue weighted by Gasteiger charge is -2.08. The topological polar surface area (TPSA) is 78.4 Å². The number of nitrogens with zero attached hydrogens (tertiary/aromatic N) is 2. The largest absolute Gasteiger partial charge is 0.466 e. The first-order valence-corrected chi connectivity index (χ1v) is 11.3. The fourth-order valence-electron chi connectivity index (χ4n) is 2.64. The number of rotatable bonds is 9. The third-order valence-corrected chi connectivity index (χ3v) is 6.53. The van der Waals surface area contributed by atoms with Gasteiger partial charge in [-0.15, -0.1) is 11.3 Å². The number of carbonyl (C=O) groups excluding carboxylic acids is 2. The molecule has 0 aliphatic carbocycles. The molecule has 6 nitrogen and oxygen atoms in total. The fourth-order valence-corrected chi connectivity index (χ4v) is 4.87. The second-order valence-electron chi connectivity index (χ2n) is 6.35. The van der Waals surface area contributed by atoms with Gasteiger partial charge in [0.05, 0.1) is 24.3 Å². The van der Waals surface area contributed by atoms with Crippen molar-refractivity contribution in [2.75, 3.05) is 6.61 Å². The molecular formula is C22H22N2O4S2. The van der Waals surface area contributed by atoms with Gasteiger partial charge in [0.2, 0.25) is 0 Å². The number of benzene rings is 1. The van der Waals surface area contributed by atoms with Gasteiger partial charge >= 0.3 is 11.9 Å². The summed E-state index contributed by atoms with van der Waals surface area (Å²) in [6.07, 6.45) is 3.41. The van der Waals surface area contributed by atoms with Crippen molar-refractivity contribution >= 4 is 35.0 Å². The number of aryl methyl sites for hydroxylation is 1. The molecule has 0 atom stereocenters. The fraction of sp³-hybridized carbons (Fsp3) is 0.273. The van der Waals surface area contributed by atoms with Gasteiger partial charge in [-0.05, 0) is 31.0 Å². The van der Waals surface area contributed by atoms with E-state index in [1.165, 1.54) is 29.3 Å². The van der Waals surface area contributed by atoms with Crippen LogP contribution >= 0.6 is 23.1 Å². The number of pyridine rings is 1. The van der Waals surface area contributed by atoms with Crippen LogP contribution in [0.3, 0.4) is 0 Å². The van der Waals surface area contributed by atoms with E-state index in [1.807, 2.05) is 43.3 Å². The number of hydrogen-bond donors (Lipinski definition) is 0. The zero-order valence-electron chi connectivity index (χ0n) is 16.8. The van der Waals surface area contributed by atoms with Crippen LogP contribution in [0.5, 0.6) is 0 Å². The van der Waals surface area contributed by atoms with Crippen LogP contribution in [0.4, 0.5) is 0 Å². The molecule has 0 amide bonds. The van der Waals surface area contributed by atoms with E-state index in [1.54, 1.807) is 13.1 Å². The van der Waals surface area contributed by atoms with Gasteiger partial charge in [0.15, 0.2) is 4.34 Å². The van der Waals surface area contributed by atoms with Crippen molar-refractivity contribution in [3.63, 3.8) is 0 Å². The predicted molar refractivity (Wildman–Crippen MR) is 117 cm³/mol. The number of thiazole rings is 1. The van der Waals surface area contributed by atoms with E-state index in [0.717, 1.165) is 26.0 Å². The summed E-state index contributed by atoms with van der Waals surface area (Å²) >= 11 is 2.99. The zero-order valence-corrected chi connectivity index (χ0v) is 18.4. The third-order valence-electron chi connectivity index (χ3n) is 4.18. The van der Waals surface area contributed by atoms with Crippen LogP contribution in [-0.2, 0) is 33.0 Å². The van der Waals surface area contributed by atoms with Crippen LogP contribution in [0, 0.1) is 6.92 Å². The van der Waals surface area contributed by atoms with E-state index in [9.17, 15) is 9.59 Å². The minimum absolute atomic E-state index is 0.212. The molecule has 0 N–H and O–H groups in total.